The fourth-order valence-corrected chi connectivity index (χ4v) is 4.36. The summed E-state index contributed by atoms with van der Waals surface area (Å²) in [6.45, 7) is 4.73. The molecule has 1 amide bonds. The zero-order chi connectivity index (χ0) is 17.2. The van der Waals surface area contributed by atoms with Crippen LogP contribution in [0, 0.1) is 6.92 Å². The summed E-state index contributed by atoms with van der Waals surface area (Å²) in [5.41, 5.74) is 1.79. The van der Waals surface area contributed by atoms with Gasteiger partial charge in [0.15, 0.2) is 5.69 Å². The largest absolute Gasteiger partial charge is 0.361 e. The fourth-order valence-electron chi connectivity index (χ4n) is 4.36. The van der Waals surface area contributed by atoms with Crippen molar-refractivity contribution in [3.63, 3.8) is 0 Å². The molecule has 0 bridgehead atoms. The average molecular weight is 339 g/mol. The van der Waals surface area contributed by atoms with Crippen LogP contribution < -0.4 is 0 Å². The third-order valence-electron chi connectivity index (χ3n) is 5.49. The molecular weight excluding hydrogens is 314 g/mol. The van der Waals surface area contributed by atoms with Crippen LogP contribution in [0.3, 0.4) is 0 Å². The lowest BCUT2D eigenvalue weighted by Crippen LogP contribution is -2.48. The molecule has 0 spiro atoms. The third kappa shape index (κ3) is 3.33. The molecule has 5 nitrogen and oxygen atoms in total. The van der Waals surface area contributed by atoms with Gasteiger partial charge in [-0.25, -0.2) is 0 Å². The van der Waals surface area contributed by atoms with E-state index in [0.29, 0.717) is 17.5 Å². The number of benzene rings is 1. The Balaban J connectivity index is 1.50. The summed E-state index contributed by atoms with van der Waals surface area (Å²) in [5, 5.41) is 3.93. The maximum absolute atomic E-state index is 12.9. The Morgan fingerprint density at radius 1 is 1.16 bits per heavy atom. The average Bonchev–Trinajstić information content (AvgIpc) is 3.35. The first-order valence-corrected chi connectivity index (χ1v) is 9.24. The molecule has 2 fully saturated rings. The van der Waals surface area contributed by atoms with Crippen LogP contribution in [0.5, 0.6) is 0 Å². The number of aryl methyl sites for hydroxylation is 1. The van der Waals surface area contributed by atoms with Gasteiger partial charge in [0.25, 0.3) is 5.91 Å². The van der Waals surface area contributed by atoms with E-state index >= 15 is 0 Å². The van der Waals surface area contributed by atoms with Crippen LogP contribution in [0.15, 0.2) is 40.9 Å². The van der Waals surface area contributed by atoms with Gasteiger partial charge in [-0.2, -0.15) is 0 Å². The Kier molecular flexibility index (Phi) is 4.57. The summed E-state index contributed by atoms with van der Waals surface area (Å²) in [4.78, 5) is 17.5. The fraction of sp³-hybridized carbons (Fsp3) is 0.500. The Hall–Kier alpha value is -2.14. The van der Waals surface area contributed by atoms with Crippen molar-refractivity contribution in [1.82, 2.24) is 15.0 Å². The van der Waals surface area contributed by atoms with Crippen molar-refractivity contribution >= 4 is 5.91 Å². The number of likely N-dealkylation sites (tertiary alicyclic amines) is 2. The number of nitrogens with zero attached hydrogens (tertiary/aromatic N) is 3. The van der Waals surface area contributed by atoms with Gasteiger partial charge in [-0.1, -0.05) is 35.5 Å². The predicted octanol–water partition coefficient (Wildman–Crippen LogP) is 3.25. The van der Waals surface area contributed by atoms with E-state index < -0.39 is 0 Å². The second kappa shape index (κ2) is 7.00. The standard InChI is InChI=1S/C20H25N3O2/c1-15-13-17(21-25-15)20(24)23-12-6-10-19(23)18-9-5-11-22(18)14-16-7-3-2-4-8-16/h2-4,7-8,13,18-19H,5-6,9-12,14H2,1H3/t18-,19-/m1/s1. The van der Waals surface area contributed by atoms with Crippen molar-refractivity contribution in [3.05, 3.63) is 53.4 Å². The van der Waals surface area contributed by atoms with Gasteiger partial charge in [-0.15, -0.1) is 0 Å². The van der Waals surface area contributed by atoms with E-state index in [2.05, 4.69) is 40.4 Å². The number of hydrogen-bond donors (Lipinski definition) is 0. The predicted molar refractivity (Wildman–Crippen MR) is 95.2 cm³/mol. The second-order valence-electron chi connectivity index (χ2n) is 7.20. The minimum Gasteiger partial charge on any atom is -0.361 e. The Morgan fingerprint density at radius 3 is 2.68 bits per heavy atom. The van der Waals surface area contributed by atoms with Crippen molar-refractivity contribution in [2.45, 2.75) is 51.2 Å². The number of hydrogen-bond acceptors (Lipinski definition) is 4. The van der Waals surface area contributed by atoms with Gasteiger partial charge in [0.05, 0.1) is 0 Å². The third-order valence-corrected chi connectivity index (χ3v) is 5.49. The molecule has 0 aliphatic carbocycles. The van der Waals surface area contributed by atoms with Gasteiger partial charge in [0, 0.05) is 31.2 Å². The van der Waals surface area contributed by atoms with Crippen LogP contribution in [0.1, 0.15) is 47.5 Å². The molecule has 0 radical (unpaired) electrons. The Labute approximate surface area is 148 Å². The lowest BCUT2D eigenvalue weighted by molar-refractivity contribution is 0.0629. The Morgan fingerprint density at radius 2 is 1.92 bits per heavy atom. The first kappa shape index (κ1) is 16.3. The van der Waals surface area contributed by atoms with Crippen LogP contribution in [-0.2, 0) is 6.54 Å². The summed E-state index contributed by atoms with van der Waals surface area (Å²) < 4.78 is 5.10. The molecule has 0 saturated carbocycles. The topological polar surface area (TPSA) is 49.6 Å². The molecule has 2 aliphatic rings. The zero-order valence-electron chi connectivity index (χ0n) is 14.7. The summed E-state index contributed by atoms with van der Waals surface area (Å²) in [7, 11) is 0. The summed E-state index contributed by atoms with van der Waals surface area (Å²) >= 11 is 0. The second-order valence-corrected chi connectivity index (χ2v) is 7.20. The van der Waals surface area contributed by atoms with Crippen molar-refractivity contribution in [2.75, 3.05) is 13.1 Å². The SMILES string of the molecule is Cc1cc(C(=O)N2CCC[C@@H]2[C@H]2CCCN2Cc2ccccc2)no1. The van der Waals surface area contributed by atoms with E-state index in [-0.39, 0.29) is 11.9 Å². The molecular formula is C20H25N3O2. The van der Waals surface area contributed by atoms with E-state index in [1.54, 1.807) is 6.07 Å². The molecule has 1 aromatic carbocycles. The van der Waals surface area contributed by atoms with E-state index in [1.807, 2.05) is 11.8 Å². The smallest absolute Gasteiger partial charge is 0.276 e. The molecule has 2 aliphatic heterocycles. The highest BCUT2D eigenvalue weighted by molar-refractivity contribution is 5.92. The van der Waals surface area contributed by atoms with E-state index in [0.717, 1.165) is 32.5 Å². The molecule has 5 heteroatoms. The van der Waals surface area contributed by atoms with Crippen molar-refractivity contribution < 1.29 is 9.32 Å². The number of carbonyl (C=O) groups is 1. The maximum atomic E-state index is 12.9. The van der Waals surface area contributed by atoms with Crippen LogP contribution >= 0.6 is 0 Å². The van der Waals surface area contributed by atoms with Crippen molar-refractivity contribution in [2.24, 2.45) is 0 Å². The molecule has 2 atom stereocenters. The van der Waals surface area contributed by atoms with Crippen LogP contribution in [0.4, 0.5) is 0 Å². The molecule has 132 valence electrons. The minimum absolute atomic E-state index is 0.0194. The van der Waals surface area contributed by atoms with Gasteiger partial charge < -0.3 is 9.42 Å². The number of carbonyl (C=O) groups excluding carboxylic acids is 1. The quantitative estimate of drug-likeness (QED) is 0.858. The molecule has 0 N–H and O–H groups in total. The lowest BCUT2D eigenvalue weighted by Gasteiger charge is -2.34. The number of aromatic nitrogens is 1. The molecule has 4 rings (SSSR count). The molecule has 2 aromatic rings. The minimum atomic E-state index is 0.0194. The molecule has 3 heterocycles. The first-order chi connectivity index (χ1) is 12.2. The highest BCUT2D eigenvalue weighted by Gasteiger charge is 2.40. The summed E-state index contributed by atoms with van der Waals surface area (Å²) in [5.74, 6) is 0.705. The summed E-state index contributed by atoms with van der Waals surface area (Å²) in [6, 6.07) is 13.1. The molecule has 2 saturated heterocycles. The van der Waals surface area contributed by atoms with E-state index in [1.165, 1.54) is 18.4 Å². The molecule has 25 heavy (non-hydrogen) atoms. The summed E-state index contributed by atoms with van der Waals surface area (Å²) in [6.07, 6.45) is 4.53. The van der Waals surface area contributed by atoms with Gasteiger partial charge in [0.2, 0.25) is 0 Å². The lowest BCUT2D eigenvalue weighted by atomic mass is 10.0. The normalized spacial score (nSPS) is 24.1. The van der Waals surface area contributed by atoms with Crippen LogP contribution in [0.2, 0.25) is 0 Å². The van der Waals surface area contributed by atoms with E-state index in [9.17, 15) is 4.79 Å². The van der Waals surface area contributed by atoms with Gasteiger partial charge in [-0.05, 0) is 44.7 Å². The zero-order valence-corrected chi connectivity index (χ0v) is 14.7. The Bertz CT molecular complexity index is 728. The van der Waals surface area contributed by atoms with Crippen molar-refractivity contribution in [1.29, 1.82) is 0 Å². The van der Waals surface area contributed by atoms with E-state index in [4.69, 9.17) is 4.52 Å². The first-order valence-electron chi connectivity index (χ1n) is 9.24. The highest BCUT2D eigenvalue weighted by atomic mass is 16.5. The van der Waals surface area contributed by atoms with Gasteiger partial charge in [-0.3, -0.25) is 9.69 Å². The monoisotopic (exact) mass is 339 g/mol. The van der Waals surface area contributed by atoms with Gasteiger partial charge in [0.1, 0.15) is 5.76 Å². The van der Waals surface area contributed by atoms with Crippen molar-refractivity contribution in [3.8, 4) is 0 Å². The number of amides is 1. The van der Waals surface area contributed by atoms with Crippen LogP contribution in [0.25, 0.3) is 0 Å². The molecule has 1 aromatic heterocycles. The highest BCUT2D eigenvalue weighted by Crippen LogP contribution is 2.32. The van der Waals surface area contributed by atoms with Crippen LogP contribution in [-0.4, -0.2) is 46.0 Å². The van der Waals surface area contributed by atoms with Gasteiger partial charge >= 0.3 is 0 Å². The molecule has 0 unspecified atom stereocenters. The maximum Gasteiger partial charge on any atom is 0.276 e. The number of rotatable bonds is 4.